The lowest BCUT2D eigenvalue weighted by Gasteiger charge is -2.14. The first-order chi connectivity index (χ1) is 7.26. The zero-order valence-electron chi connectivity index (χ0n) is 9.37. The van der Waals surface area contributed by atoms with Crippen molar-refractivity contribution in [2.24, 2.45) is 5.73 Å². The molecular formula is C11H17NO3. The van der Waals surface area contributed by atoms with E-state index < -0.39 is 0 Å². The lowest BCUT2D eigenvalue weighted by molar-refractivity contribution is 0.345. The molecule has 4 heteroatoms. The molecule has 1 aromatic carbocycles. The first-order valence-electron chi connectivity index (χ1n) is 4.75. The van der Waals surface area contributed by atoms with Crippen LogP contribution in [0.5, 0.6) is 17.2 Å². The topological polar surface area (TPSA) is 53.7 Å². The first-order valence-corrected chi connectivity index (χ1v) is 4.75. The predicted octanol–water partition coefficient (Wildman–Crippen LogP) is 1.21. The molecule has 0 aromatic heterocycles. The van der Waals surface area contributed by atoms with Crippen molar-refractivity contribution in [2.45, 2.75) is 6.42 Å². The highest BCUT2D eigenvalue weighted by Crippen LogP contribution is 2.35. The minimum Gasteiger partial charge on any atom is -0.497 e. The Morgan fingerprint density at radius 1 is 1.07 bits per heavy atom. The fourth-order valence-electron chi connectivity index (χ4n) is 1.47. The van der Waals surface area contributed by atoms with E-state index in [0.29, 0.717) is 12.3 Å². The molecule has 2 N–H and O–H groups in total. The van der Waals surface area contributed by atoms with E-state index in [-0.39, 0.29) is 0 Å². The number of hydrogen-bond donors (Lipinski definition) is 1. The maximum Gasteiger partial charge on any atom is 0.164 e. The van der Waals surface area contributed by atoms with Gasteiger partial charge in [0.2, 0.25) is 0 Å². The molecule has 4 nitrogen and oxygen atoms in total. The fourth-order valence-corrected chi connectivity index (χ4v) is 1.47. The quantitative estimate of drug-likeness (QED) is 0.797. The number of ether oxygens (including phenoxy) is 3. The Labute approximate surface area is 89.9 Å². The van der Waals surface area contributed by atoms with Gasteiger partial charge in [0.15, 0.2) is 11.5 Å². The van der Waals surface area contributed by atoms with Crippen molar-refractivity contribution in [1.82, 2.24) is 0 Å². The van der Waals surface area contributed by atoms with Crippen LogP contribution in [0, 0.1) is 0 Å². The van der Waals surface area contributed by atoms with Gasteiger partial charge in [-0.05, 0) is 19.0 Å². The van der Waals surface area contributed by atoms with Crippen molar-refractivity contribution in [1.29, 1.82) is 0 Å². The molecule has 0 bridgehead atoms. The van der Waals surface area contributed by atoms with Crippen molar-refractivity contribution in [3.63, 3.8) is 0 Å². The van der Waals surface area contributed by atoms with Gasteiger partial charge < -0.3 is 19.9 Å². The summed E-state index contributed by atoms with van der Waals surface area (Å²) in [7, 11) is 4.83. The zero-order valence-corrected chi connectivity index (χ0v) is 9.37. The summed E-state index contributed by atoms with van der Waals surface area (Å²) < 4.78 is 15.7. The molecule has 15 heavy (non-hydrogen) atoms. The van der Waals surface area contributed by atoms with Crippen LogP contribution < -0.4 is 19.9 Å². The normalized spacial score (nSPS) is 9.87. The lowest BCUT2D eigenvalue weighted by Crippen LogP contribution is -2.05. The van der Waals surface area contributed by atoms with Gasteiger partial charge >= 0.3 is 0 Å². The van der Waals surface area contributed by atoms with Crippen molar-refractivity contribution < 1.29 is 14.2 Å². The minimum absolute atomic E-state index is 0.562. The molecule has 0 aliphatic carbocycles. The second-order valence-electron chi connectivity index (χ2n) is 3.06. The standard InChI is InChI=1S/C11H17NO3/c1-13-9-6-8(4-5-12)11(15-3)10(7-9)14-2/h6-7H,4-5,12H2,1-3H3/i6+1. The molecule has 0 spiro atoms. The van der Waals surface area contributed by atoms with Crippen molar-refractivity contribution in [2.75, 3.05) is 27.9 Å². The van der Waals surface area contributed by atoms with Crippen LogP contribution in [0.2, 0.25) is 0 Å². The molecular weight excluding hydrogens is 195 g/mol. The second kappa shape index (κ2) is 5.46. The molecule has 1 rings (SSSR count). The molecule has 0 saturated carbocycles. The molecule has 0 saturated heterocycles. The van der Waals surface area contributed by atoms with Crippen LogP contribution >= 0.6 is 0 Å². The Kier molecular flexibility index (Phi) is 4.24. The Balaban J connectivity index is 3.19. The van der Waals surface area contributed by atoms with Crippen LogP contribution in [0.15, 0.2) is 12.1 Å². The van der Waals surface area contributed by atoms with Gasteiger partial charge in [-0.3, -0.25) is 0 Å². The van der Waals surface area contributed by atoms with Gasteiger partial charge in [0, 0.05) is 11.6 Å². The van der Waals surface area contributed by atoms with Crippen LogP contribution in [0.25, 0.3) is 0 Å². The van der Waals surface area contributed by atoms with Gasteiger partial charge in [-0.25, -0.2) is 0 Å². The van der Waals surface area contributed by atoms with Gasteiger partial charge in [0.05, 0.1) is 21.3 Å². The largest absolute Gasteiger partial charge is 0.497 e. The van der Waals surface area contributed by atoms with Gasteiger partial charge in [0.1, 0.15) is 5.75 Å². The summed E-state index contributed by atoms with van der Waals surface area (Å²) in [6.45, 7) is 0.562. The molecule has 1 aromatic rings. The van der Waals surface area contributed by atoms with E-state index in [9.17, 15) is 0 Å². The van der Waals surface area contributed by atoms with Crippen LogP contribution in [0.3, 0.4) is 0 Å². The Morgan fingerprint density at radius 3 is 2.27 bits per heavy atom. The first kappa shape index (κ1) is 11.7. The van der Waals surface area contributed by atoms with Crippen LogP contribution in [0.1, 0.15) is 5.56 Å². The number of methoxy groups -OCH3 is 3. The summed E-state index contributed by atoms with van der Waals surface area (Å²) in [6, 6.07) is 3.70. The average Bonchev–Trinajstić information content (AvgIpc) is 2.28. The highest BCUT2D eigenvalue weighted by Gasteiger charge is 2.11. The van der Waals surface area contributed by atoms with Crippen LogP contribution in [0.4, 0.5) is 0 Å². The van der Waals surface area contributed by atoms with Gasteiger partial charge in [-0.15, -0.1) is 0 Å². The van der Waals surface area contributed by atoms with Crippen molar-refractivity contribution in [3.05, 3.63) is 17.7 Å². The summed E-state index contributed by atoms with van der Waals surface area (Å²) in [5, 5.41) is 0. The highest BCUT2D eigenvalue weighted by molar-refractivity contribution is 5.51. The molecule has 0 aliphatic rings. The Hall–Kier alpha value is -1.42. The summed E-state index contributed by atoms with van der Waals surface area (Å²) in [4.78, 5) is 0. The fraction of sp³-hybridized carbons (Fsp3) is 0.455. The van der Waals surface area contributed by atoms with Crippen LogP contribution in [-0.2, 0) is 6.42 Å². The van der Waals surface area contributed by atoms with Crippen molar-refractivity contribution >= 4 is 0 Å². The Bertz CT molecular complexity index is 326. The minimum atomic E-state index is 0.562. The van der Waals surface area contributed by atoms with E-state index in [1.165, 1.54) is 0 Å². The van der Waals surface area contributed by atoms with Gasteiger partial charge in [-0.2, -0.15) is 0 Å². The third-order valence-corrected chi connectivity index (χ3v) is 2.18. The summed E-state index contributed by atoms with van der Waals surface area (Å²) in [5.41, 5.74) is 6.53. The number of hydrogen-bond acceptors (Lipinski definition) is 4. The van der Waals surface area contributed by atoms with E-state index >= 15 is 0 Å². The summed E-state index contributed by atoms with van der Waals surface area (Å²) in [5.74, 6) is 2.14. The van der Waals surface area contributed by atoms with Crippen LogP contribution in [-0.4, -0.2) is 27.9 Å². The third kappa shape index (κ3) is 2.53. The van der Waals surface area contributed by atoms with Crippen molar-refractivity contribution in [3.8, 4) is 17.2 Å². The zero-order chi connectivity index (χ0) is 11.3. The number of benzene rings is 1. The molecule has 84 valence electrons. The Morgan fingerprint density at radius 2 is 1.80 bits per heavy atom. The second-order valence-corrected chi connectivity index (χ2v) is 3.06. The monoisotopic (exact) mass is 212 g/mol. The summed E-state index contributed by atoms with van der Waals surface area (Å²) >= 11 is 0. The third-order valence-electron chi connectivity index (χ3n) is 2.18. The smallest absolute Gasteiger partial charge is 0.164 e. The molecule has 0 radical (unpaired) electrons. The molecule has 0 atom stereocenters. The molecule has 0 aliphatic heterocycles. The van der Waals surface area contributed by atoms with Gasteiger partial charge in [0.25, 0.3) is 0 Å². The van der Waals surface area contributed by atoms with E-state index in [1.54, 1.807) is 27.4 Å². The molecule has 0 amide bonds. The predicted molar refractivity (Wildman–Crippen MR) is 58.9 cm³/mol. The maximum atomic E-state index is 5.53. The molecule has 0 fully saturated rings. The maximum absolute atomic E-state index is 5.53. The van der Waals surface area contributed by atoms with E-state index in [4.69, 9.17) is 19.9 Å². The van der Waals surface area contributed by atoms with E-state index in [2.05, 4.69) is 0 Å². The SMILES string of the molecule is COc1cc(OC)c(OC)c(CCN)[13cH]1. The molecule has 0 heterocycles. The van der Waals surface area contributed by atoms with E-state index in [1.807, 2.05) is 6.07 Å². The lowest BCUT2D eigenvalue weighted by atomic mass is 10.2. The summed E-state index contributed by atoms with van der Waals surface area (Å²) in [6.07, 6.45) is 0.733. The molecule has 0 unspecified atom stereocenters. The number of nitrogens with two attached hydrogens (primary N) is 1. The van der Waals surface area contributed by atoms with Gasteiger partial charge in [-0.1, -0.05) is 0 Å². The number of rotatable bonds is 5. The van der Waals surface area contributed by atoms with E-state index in [0.717, 1.165) is 23.5 Å². The highest BCUT2D eigenvalue weighted by atomic mass is 16.5. The average molecular weight is 212 g/mol.